The monoisotopic (exact) mass is 240 g/mol. The predicted molar refractivity (Wildman–Crippen MR) is 73.2 cm³/mol. The van der Waals surface area contributed by atoms with E-state index in [2.05, 4.69) is 0 Å². The largest absolute Gasteiger partial charge is 0.496 e. The molecule has 2 aromatic carbocycles. The molecule has 0 aliphatic carbocycles. The Labute approximate surface area is 107 Å². The van der Waals surface area contributed by atoms with E-state index in [1.165, 1.54) is 0 Å². The van der Waals surface area contributed by atoms with Gasteiger partial charge in [0, 0.05) is 11.1 Å². The molecule has 0 saturated heterocycles. The maximum atomic E-state index is 11.7. The fraction of sp³-hybridized carbons (Fsp3) is 0.188. The number of methoxy groups -OCH3 is 1. The van der Waals surface area contributed by atoms with Crippen molar-refractivity contribution in [3.63, 3.8) is 0 Å². The van der Waals surface area contributed by atoms with E-state index in [1.807, 2.05) is 49.4 Å². The zero-order valence-corrected chi connectivity index (χ0v) is 10.9. The van der Waals surface area contributed by atoms with Gasteiger partial charge in [0.05, 0.1) is 7.11 Å². The molecule has 0 N–H and O–H groups in total. The number of carbonyl (C=O) groups is 1. The Hall–Kier alpha value is -2.09. The topological polar surface area (TPSA) is 26.3 Å². The summed E-state index contributed by atoms with van der Waals surface area (Å²) in [6.45, 7) is 3.61. The molecule has 18 heavy (non-hydrogen) atoms. The van der Waals surface area contributed by atoms with E-state index in [0.29, 0.717) is 0 Å². The first-order valence-electron chi connectivity index (χ1n) is 5.88. The minimum Gasteiger partial charge on any atom is -0.496 e. The summed E-state index contributed by atoms with van der Waals surface area (Å²) in [4.78, 5) is 11.7. The van der Waals surface area contributed by atoms with Crippen LogP contribution in [0.5, 0.6) is 5.75 Å². The van der Waals surface area contributed by atoms with Gasteiger partial charge in [0.15, 0.2) is 5.78 Å². The number of rotatable bonds is 3. The summed E-state index contributed by atoms with van der Waals surface area (Å²) in [5.74, 6) is 0.850. The van der Waals surface area contributed by atoms with Crippen LogP contribution in [-0.2, 0) is 0 Å². The first-order chi connectivity index (χ1) is 8.63. The third-order valence-electron chi connectivity index (χ3n) is 2.95. The molecule has 2 nitrogen and oxygen atoms in total. The van der Waals surface area contributed by atoms with Gasteiger partial charge in [-0.05, 0) is 31.5 Å². The molecule has 92 valence electrons. The second-order valence-corrected chi connectivity index (χ2v) is 4.31. The van der Waals surface area contributed by atoms with Gasteiger partial charge in [0.1, 0.15) is 5.75 Å². The van der Waals surface area contributed by atoms with Crippen molar-refractivity contribution in [3.05, 3.63) is 53.6 Å². The molecule has 0 amide bonds. The lowest BCUT2D eigenvalue weighted by molar-refractivity contribution is 0.101. The van der Waals surface area contributed by atoms with E-state index in [4.69, 9.17) is 4.74 Å². The van der Waals surface area contributed by atoms with E-state index >= 15 is 0 Å². The van der Waals surface area contributed by atoms with Crippen LogP contribution in [0.15, 0.2) is 42.5 Å². The van der Waals surface area contributed by atoms with Gasteiger partial charge in [-0.15, -0.1) is 0 Å². The summed E-state index contributed by atoms with van der Waals surface area (Å²) in [6.07, 6.45) is 0. The number of Topliss-reactive ketones (excluding diaryl/α,β-unsaturated/α-hetero) is 1. The van der Waals surface area contributed by atoms with E-state index in [0.717, 1.165) is 28.0 Å². The Morgan fingerprint density at radius 3 is 2.44 bits per heavy atom. The van der Waals surface area contributed by atoms with Crippen molar-refractivity contribution in [2.45, 2.75) is 13.8 Å². The maximum absolute atomic E-state index is 11.7. The van der Waals surface area contributed by atoms with E-state index in [-0.39, 0.29) is 5.78 Å². The van der Waals surface area contributed by atoms with Crippen molar-refractivity contribution in [3.8, 4) is 16.9 Å². The minimum atomic E-state index is 0.0640. The third-order valence-corrected chi connectivity index (χ3v) is 2.95. The molecular weight excluding hydrogens is 224 g/mol. The lowest BCUT2D eigenvalue weighted by Gasteiger charge is -2.12. The molecular formula is C16H16O2. The molecule has 0 aromatic heterocycles. The van der Waals surface area contributed by atoms with Gasteiger partial charge in [-0.1, -0.05) is 35.9 Å². The number of ketones is 1. The van der Waals surface area contributed by atoms with Gasteiger partial charge >= 0.3 is 0 Å². The molecule has 0 bridgehead atoms. The van der Waals surface area contributed by atoms with Crippen LogP contribution in [0.4, 0.5) is 0 Å². The highest BCUT2D eigenvalue weighted by Crippen LogP contribution is 2.33. The van der Waals surface area contributed by atoms with Gasteiger partial charge < -0.3 is 4.74 Å². The third kappa shape index (κ3) is 2.28. The summed E-state index contributed by atoms with van der Waals surface area (Å²) in [5.41, 5.74) is 3.75. The lowest BCUT2D eigenvalue weighted by Crippen LogP contribution is -1.97. The Balaban J connectivity index is 2.68. The molecule has 2 heteroatoms. The Bertz CT molecular complexity index is 585. The molecule has 0 spiro atoms. The average molecular weight is 240 g/mol. The molecule has 0 radical (unpaired) electrons. The molecule has 0 fully saturated rings. The van der Waals surface area contributed by atoms with Crippen molar-refractivity contribution in [1.82, 2.24) is 0 Å². The van der Waals surface area contributed by atoms with Crippen LogP contribution in [-0.4, -0.2) is 12.9 Å². The summed E-state index contributed by atoms with van der Waals surface area (Å²) in [7, 11) is 1.64. The summed E-state index contributed by atoms with van der Waals surface area (Å²) in [6, 6.07) is 13.6. The molecule has 2 aromatic rings. The number of ether oxygens (including phenoxy) is 1. The van der Waals surface area contributed by atoms with Crippen LogP contribution in [0.3, 0.4) is 0 Å². The summed E-state index contributed by atoms with van der Waals surface area (Å²) >= 11 is 0. The molecule has 0 unspecified atom stereocenters. The van der Waals surface area contributed by atoms with E-state index in [1.54, 1.807) is 14.0 Å². The molecule has 0 heterocycles. The highest BCUT2D eigenvalue weighted by Gasteiger charge is 2.12. The van der Waals surface area contributed by atoms with Gasteiger partial charge in [-0.2, -0.15) is 0 Å². The van der Waals surface area contributed by atoms with E-state index in [9.17, 15) is 4.79 Å². The van der Waals surface area contributed by atoms with Crippen LogP contribution >= 0.6 is 0 Å². The van der Waals surface area contributed by atoms with Gasteiger partial charge in [-0.3, -0.25) is 4.79 Å². The Morgan fingerprint density at radius 2 is 1.78 bits per heavy atom. The second-order valence-electron chi connectivity index (χ2n) is 4.31. The number of aryl methyl sites for hydroxylation is 1. The number of benzene rings is 2. The first-order valence-corrected chi connectivity index (χ1v) is 5.88. The number of carbonyl (C=O) groups excluding carboxylic acids is 1. The van der Waals surface area contributed by atoms with Crippen molar-refractivity contribution < 1.29 is 9.53 Å². The molecule has 0 aliphatic heterocycles. The highest BCUT2D eigenvalue weighted by molar-refractivity contribution is 6.01. The predicted octanol–water partition coefficient (Wildman–Crippen LogP) is 3.87. The summed E-state index contributed by atoms with van der Waals surface area (Å²) in [5, 5.41) is 0. The molecule has 0 aliphatic rings. The van der Waals surface area contributed by atoms with Crippen molar-refractivity contribution in [2.24, 2.45) is 0 Å². The first kappa shape index (κ1) is 12.4. The van der Waals surface area contributed by atoms with Gasteiger partial charge in [0.2, 0.25) is 0 Å². The quantitative estimate of drug-likeness (QED) is 0.761. The van der Waals surface area contributed by atoms with Crippen molar-refractivity contribution >= 4 is 5.78 Å². The second kappa shape index (κ2) is 5.05. The average Bonchev–Trinajstić information content (AvgIpc) is 2.38. The zero-order chi connectivity index (χ0) is 13.1. The van der Waals surface area contributed by atoms with Crippen LogP contribution < -0.4 is 4.74 Å². The zero-order valence-electron chi connectivity index (χ0n) is 10.9. The molecule has 2 rings (SSSR count). The summed E-state index contributed by atoms with van der Waals surface area (Å²) < 4.78 is 5.38. The fourth-order valence-corrected chi connectivity index (χ4v) is 2.06. The Morgan fingerprint density at radius 1 is 1.06 bits per heavy atom. The van der Waals surface area contributed by atoms with E-state index < -0.39 is 0 Å². The fourth-order valence-electron chi connectivity index (χ4n) is 2.06. The highest BCUT2D eigenvalue weighted by atomic mass is 16.5. The normalized spacial score (nSPS) is 10.2. The SMILES string of the molecule is COc1ccc(C)cc1-c1ccccc1C(C)=O. The van der Waals surface area contributed by atoms with Crippen LogP contribution in [0.1, 0.15) is 22.8 Å². The van der Waals surface area contributed by atoms with Crippen molar-refractivity contribution in [1.29, 1.82) is 0 Å². The molecule has 0 atom stereocenters. The Kier molecular flexibility index (Phi) is 3.47. The molecule has 0 saturated carbocycles. The standard InChI is InChI=1S/C16H16O2/c1-11-8-9-16(18-3)15(10-11)14-7-5-4-6-13(14)12(2)17/h4-10H,1-3H3. The number of hydrogen-bond donors (Lipinski definition) is 0. The van der Waals surface area contributed by atoms with Crippen molar-refractivity contribution in [2.75, 3.05) is 7.11 Å². The van der Waals surface area contributed by atoms with Gasteiger partial charge in [0.25, 0.3) is 0 Å². The van der Waals surface area contributed by atoms with Crippen LogP contribution in [0.2, 0.25) is 0 Å². The minimum absolute atomic E-state index is 0.0640. The van der Waals surface area contributed by atoms with Crippen LogP contribution in [0, 0.1) is 6.92 Å². The lowest BCUT2D eigenvalue weighted by atomic mass is 9.95. The number of hydrogen-bond acceptors (Lipinski definition) is 2. The van der Waals surface area contributed by atoms with Crippen LogP contribution in [0.25, 0.3) is 11.1 Å². The maximum Gasteiger partial charge on any atom is 0.160 e. The smallest absolute Gasteiger partial charge is 0.160 e. The van der Waals surface area contributed by atoms with Gasteiger partial charge in [-0.25, -0.2) is 0 Å².